The van der Waals surface area contributed by atoms with E-state index in [2.05, 4.69) is 31.2 Å². The number of pyridine rings is 1. The number of rotatable bonds is 3. The molecule has 1 N–H and O–H groups in total. The van der Waals surface area contributed by atoms with Crippen molar-refractivity contribution in [1.29, 1.82) is 0 Å². The number of nitrogens with one attached hydrogen (secondary N) is 1. The van der Waals surface area contributed by atoms with E-state index in [0.717, 1.165) is 16.3 Å². The van der Waals surface area contributed by atoms with Gasteiger partial charge in [-0.15, -0.1) is 11.3 Å². The number of aryl methyl sites for hydroxylation is 1. The summed E-state index contributed by atoms with van der Waals surface area (Å²) in [4.78, 5) is 21.4. The highest BCUT2D eigenvalue weighted by molar-refractivity contribution is 9.10. The number of aromatic nitrogens is 2. The van der Waals surface area contributed by atoms with Crippen molar-refractivity contribution in [2.75, 3.05) is 5.32 Å². The molecule has 1 amide bonds. The van der Waals surface area contributed by atoms with Crippen LogP contribution >= 0.6 is 27.3 Å². The van der Waals surface area contributed by atoms with Gasteiger partial charge in [0.25, 0.3) is 5.91 Å². The Bertz CT molecular complexity index is 817. The summed E-state index contributed by atoms with van der Waals surface area (Å²) in [5.41, 5.74) is 2.53. The van der Waals surface area contributed by atoms with Crippen LogP contribution in [0.2, 0.25) is 0 Å². The zero-order valence-electron chi connectivity index (χ0n) is 11.7. The van der Waals surface area contributed by atoms with Gasteiger partial charge in [0.15, 0.2) is 0 Å². The first-order valence-corrected chi connectivity index (χ1v) is 8.20. The fourth-order valence-corrected chi connectivity index (χ4v) is 3.22. The van der Waals surface area contributed by atoms with E-state index in [1.165, 1.54) is 11.3 Å². The quantitative estimate of drug-likeness (QED) is 0.686. The van der Waals surface area contributed by atoms with Crippen molar-refractivity contribution < 1.29 is 4.79 Å². The van der Waals surface area contributed by atoms with Gasteiger partial charge in [-0.3, -0.25) is 4.79 Å². The summed E-state index contributed by atoms with van der Waals surface area (Å²) in [6.07, 6.45) is 1.60. The molecule has 2 heterocycles. The molecule has 0 radical (unpaired) electrons. The summed E-state index contributed by atoms with van der Waals surface area (Å²) < 4.78 is 0.619. The van der Waals surface area contributed by atoms with Crippen molar-refractivity contribution in [2.24, 2.45) is 0 Å². The third-order valence-corrected chi connectivity index (χ3v) is 4.64. The van der Waals surface area contributed by atoms with Crippen LogP contribution in [0.15, 0.2) is 53.3 Å². The van der Waals surface area contributed by atoms with Crippen LogP contribution in [-0.4, -0.2) is 15.9 Å². The van der Waals surface area contributed by atoms with Crippen LogP contribution in [0.3, 0.4) is 0 Å². The minimum Gasteiger partial charge on any atom is -0.319 e. The Kier molecular flexibility index (Phi) is 4.31. The summed E-state index contributed by atoms with van der Waals surface area (Å²) >= 11 is 4.72. The van der Waals surface area contributed by atoms with E-state index in [4.69, 9.17) is 0 Å². The smallest absolute Gasteiger partial charge is 0.267 e. The van der Waals surface area contributed by atoms with Crippen molar-refractivity contribution in [2.45, 2.75) is 6.92 Å². The van der Waals surface area contributed by atoms with Gasteiger partial charge in [-0.05, 0) is 35.0 Å². The number of anilines is 1. The van der Waals surface area contributed by atoms with Crippen LogP contribution in [-0.2, 0) is 0 Å². The molecule has 0 saturated carbocycles. The molecule has 3 aromatic rings. The molecule has 6 heteroatoms. The molecule has 0 aliphatic heterocycles. The molecule has 3 rings (SSSR count). The van der Waals surface area contributed by atoms with E-state index in [1.807, 2.05) is 49.4 Å². The fourth-order valence-electron chi connectivity index (χ4n) is 1.90. The van der Waals surface area contributed by atoms with E-state index in [9.17, 15) is 4.79 Å². The molecule has 0 spiro atoms. The molecule has 1 aromatic carbocycles. The monoisotopic (exact) mass is 373 g/mol. The van der Waals surface area contributed by atoms with Crippen LogP contribution < -0.4 is 5.32 Å². The van der Waals surface area contributed by atoms with Crippen molar-refractivity contribution in [3.8, 4) is 10.6 Å². The second kappa shape index (κ2) is 6.37. The van der Waals surface area contributed by atoms with Crippen LogP contribution in [0.5, 0.6) is 0 Å². The highest BCUT2D eigenvalue weighted by atomic mass is 79.9. The zero-order valence-corrected chi connectivity index (χ0v) is 14.1. The third kappa shape index (κ3) is 3.23. The van der Waals surface area contributed by atoms with Crippen LogP contribution in [0.4, 0.5) is 5.69 Å². The van der Waals surface area contributed by atoms with Gasteiger partial charge in [0, 0.05) is 11.3 Å². The Morgan fingerprint density at radius 3 is 2.68 bits per heavy atom. The number of hydrogen-bond acceptors (Lipinski definition) is 4. The van der Waals surface area contributed by atoms with Crippen molar-refractivity contribution in [3.63, 3.8) is 0 Å². The van der Waals surface area contributed by atoms with E-state index >= 15 is 0 Å². The highest BCUT2D eigenvalue weighted by Gasteiger charge is 2.13. The number of hydrogen-bond donors (Lipinski definition) is 1. The van der Waals surface area contributed by atoms with Gasteiger partial charge >= 0.3 is 0 Å². The Morgan fingerprint density at radius 2 is 1.95 bits per heavy atom. The van der Waals surface area contributed by atoms with E-state index in [0.29, 0.717) is 15.2 Å². The maximum atomic E-state index is 12.3. The number of halogens is 1. The Morgan fingerprint density at radius 1 is 1.18 bits per heavy atom. The lowest BCUT2D eigenvalue weighted by Crippen LogP contribution is -2.11. The fraction of sp³-hybridized carbons (Fsp3) is 0.0625. The van der Waals surface area contributed by atoms with Crippen LogP contribution in [0, 0.1) is 6.92 Å². The summed E-state index contributed by atoms with van der Waals surface area (Å²) in [6.45, 7) is 1.89. The largest absolute Gasteiger partial charge is 0.319 e. The predicted molar refractivity (Wildman–Crippen MR) is 92.2 cm³/mol. The van der Waals surface area contributed by atoms with Gasteiger partial charge in [-0.25, -0.2) is 9.97 Å². The summed E-state index contributed by atoms with van der Waals surface area (Å²) in [5, 5.41) is 3.67. The van der Waals surface area contributed by atoms with Gasteiger partial charge in [0.1, 0.15) is 14.5 Å². The van der Waals surface area contributed by atoms with Crippen LogP contribution in [0.1, 0.15) is 15.4 Å². The molecular formula is C16H12BrN3OS. The Hall–Kier alpha value is -2.05. The first-order valence-electron chi connectivity index (χ1n) is 6.59. The van der Waals surface area contributed by atoms with Gasteiger partial charge in [0.2, 0.25) is 0 Å². The molecule has 0 aliphatic carbocycles. The first kappa shape index (κ1) is 14.9. The topological polar surface area (TPSA) is 54.9 Å². The van der Waals surface area contributed by atoms with Crippen molar-refractivity contribution >= 4 is 38.9 Å². The molecule has 0 atom stereocenters. The number of amides is 1. The average molecular weight is 374 g/mol. The zero-order chi connectivity index (χ0) is 15.5. The average Bonchev–Trinajstić information content (AvgIpc) is 3.01. The minimum absolute atomic E-state index is 0.189. The number of nitrogens with zero attached hydrogens (tertiary/aromatic N) is 2. The highest BCUT2D eigenvalue weighted by Crippen LogP contribution is 2.26. The second-order valence-electron chi connectivity index (χ2n) is 4.64. The summed E-state index contributed by atoms with van der Waals surface area (Å²) in [6, 6.07) is 13.5. The van der Waals surface area contributed by atoms with E-state index in [1.54, 1.807) is 6.20 Å². The SMILES string of the molecule is Cc1ccc(NC(=O)c2cnc(-c3ccccc3)s2)c(Br)n1. The number of carbonyl (C=O) groups excluding carboxylic acids is 1. The van der Waals surface area contributed by atoms with Crippen molar-refractivity contribution in [1.82, 2.24) is 9.97 Å². The Labute approximate surface area is 140 Å². The lowest BCUT2D eigenvalue weighted by atomic mass is 10.2. The lowest BCUT2D eigenvalue weighted by molar-refractivity contribution is 0.103. The van der Waals surface area contributed by atoms with E-state index in [-0.39, 0.29) is 5.91 Å². The molecule has 2 aromatic heterocycles. The lowest BCUT2D eigenvalue weighted by Gasteiger charge is -2.05. The molecule has 0 unspecified atom stereocenters. The number of carbonyl (C=O) groups is 1. The third-order valence-electron chi connectivity index (χ3n) is 2.99. The first-order chi connectivity index (χ1) is 10.6. The summed E-state index contributed by atoms with van der Waals surface area (Å²) in [7, 11) is 0. The predicted octanol–water partition coefficient (Wildman–Crippen LogP) is 4.53. The molecule has 0 saturated heterocycles. The maximum absolute atomic E-state index is 12.3. The minimum atomic E-state index is -0.189. The number of benzene rings is 1. The molecule has 0 aliphatic rings. The maximum Gasteiger partial charge on any atom is 0.267 e. The standard InChI is InChI=1S/C16H12BrN3OS/c1-10-7-8-12(14(17)19-10)20-15(21)13-9-18-16(22-13)11-5-3-2-4-6-11/h2-9H,1H3,(H,20,21). The van der Waals surface area contributed by atoms with Crippen LogP contribution in [0.25, 0.3) is 10.6 Å². The van der Waals surface area contributed by atoms with E-state index < -0.39 is 0 Å². The van der Waals surface area contributed by atoms with Gasteiger partial charge in [0.05, 0.1) is 11.9 Å². The van der Waals surface area contributed by atoms with Crippen molar-refractivity contribution in [3.05, 3.63) is 63.8 Å². The molecule has 110 valence electrons. The molecule has 22 heavy (non-hydrogen) atoms. The normalized spacial score (nSPS) is 10.5. The molecular weight excluding hydrogens is 362 g/mol. The Balaban J connectivity index is 1.80. The van der Waals surface area contributed by atoms with Gasteiger partial charge in [-0.1, -0.05) is 30.3 Å². The molecule has 0 bridgehead atoms. The summed E-state index contributed by atoms with van der Waals surface area (Å²) in [5.74, 6) is -0.189. The molecule has 4 nitrogen and oxygen atoms in total. The van der Waals surface area contributed by atoms with Gasteiger partial charge < -0.3 is 5.32 Å². The van der Waals surface area contributed by atoms with Gasteiger partial charge in [-0.2, -0.15) is 0 Å². The second-order valence-corrected chi connectivity index (χ2v) is 6.42. The number of thiazole rings is 1. The molecule has 0 fully saturated rings.